The van der Waals surface area contributed by atoms with Crippen LogP contribution in [0.25, 0.3) is 0 Å². The Morgan fingerprint density at radius 1 is 0.889 bits per heavy atom. The Labute approximate surface area is 220 Å². The van der Waals surface area contributed by atoms with Crippen molar-refractivity contribution in [3.63, 3.8) is 0 Å². The molecule has 4 bridgehead atoms. The molecule has 4 heteroatoms. The number of esters is 1. The number of hydrogen-bond donors (Lipinski definition) is 0. The van der Waals surface area contributed by atoms with Crippen molar-refractivity contribution in [1.82, 2.24) is 0 Å². The predicted molar refractivity (Wildman–Crippen MR) is 148 cm³/mol. The van der Waals surface area contributed by atoms with Gasteiger partial charge in [-0.25, -0.2) is 0 Å². The molecule has 0 spiro atoms. The van der Waals surface area contributed by atoms with Gasteiger partial charge in [0.2, 0.25) is 0 Å². The first kappa shape index (κ1) is 28.9. The standard InChI is InChI=1S/C32H50O4/c1-6-23(3)12-9-8-10-15-31-25(5)17-16-24(4)18-27-13-11-14-28(34-27)21-29-19-26(7-2)20-30(35-29)22-32(33)36-31/h7-10,12,15,24-25,27-31H,6,11,13-14,16-22H2,1-5H3. The van der Waals surface area contributed by atoms with Gasteiger partial charge >= 0.3 is 5.97 Å². The Morgan fingerprint density at radius 2 is 1.61 bits per heavy atom. The summed E-state index contributed by atoms with van der Waals surface area (Å²) in [5, 5.41) is 0. The van der Waals surface area contributed by atoms with Crippen LogP contribution < -0.4 is 0 Å². The Balaban J connectivity index is 1.75. The molecule has 3 fully saturated rings. The molecule has 36 heavy (non-hydrogen) atoms. The van der Waals surface area contributed by atoms with Crippen LogP contribution in [-0.4, -0.2) is 36.5 Å². The summed E-state index contributed by atoms with van der Waals surface area (Å²) in [6.07, 6.45) is 23.8. The van der Waals surface area contributed by atoms with Crippen LogP contribution in [0, 0.1) is 11.8 Å². The zero-order valence-electron chi connectivity index (χ0n) is 23.4. The molecule has 0 N–H and O–H groups in total. The van der Waals surface area contributed by atoms with E-state index in [1.165, 1.54) is 24.0 Å². The first-order valence-electron chi connectivity index (χ1n) is 14.5. The average Bonchev–Trinajstić information content (AvgIpc) is 2.85. The first-order valence-corrected chi connectivity index (χ1v) is 14.5. The number of rotatable bonds is 4. The molecule has 0 aromatic heterocycles. The number of ether oxygens (including phenoxy) is 3. The monoisotopic (exact) mass is 498 g/mol. The van der Waals surface area contributed by atoms with Crippen LogP contribution in [0.15, 0.2) is 47.6 Å². The molecular formula is C32H50O4. The summed E-state index contributed by atoms with van der Waals surface area (Å²) in [7, 11) is 0. The van der Waals surface area contributed by atoms with E-state index in [0.29, 0.717) is 18.4 Å². The lowest BCUT2D eigenvalue weighted by Crippen LogP contribution is -2.37. The van der Waals surface area contributed by atoms with Crippen LogP contribution in [0.2, 0.25) is 0 Å². The lowest BCUT2D eigenvalue weighted by molar-refractivity contribution is -0.155. The molecule has 0 radical (unpaired) electrons. The van der Waals surface area contributed by atoms with E-state index in [2.05, 4.69) is 58.9 Å². The molecule has 3 heterocycles. The van der Waals surface area contributed by atoms with Crippen molar-refractivity contribution in [3.05, 3.63) is 47.6 Å². The summed E-state index contributed by atoms with van der Waals surface area (Å²) in [4.78, 5) is 13.1. The molecule has 3 aliphatic rings. The topological polar surface area (TPSA) is 44.8 Å². The number of carbonyl (C=O) groups is 1. The van der Waals surface area contributed by atoms with Crippen molar-refractivity contribution in [2.24, 2.45) is 11.8 Å². The third kappa shape index (κ3) is 9.67. The minimum atomic E-state index is -0.227. The molecule has 202 valence electrons. The molecule has 0 aliphatic carbocycles. The summed E-state index contributed by atoms with van der Waals surface area (Å²) < 4.78 is 19.1. The van der Waals surface area contributed by atoms with Crippen LogP contribution >= 0.6 is 0 Å². The van der Waals surface area contributed by atoms with Gasteiger partial charge in [0.1, 0.15) is 6.10 Å². The Kier molecular flexibility index (Phi) is 12.0. The smallest absolute Gasteiger partial charge is 0.309 e. The maximum atomic E-state index is 13.1. The predicted octanol–water partition coefficient (Wildman–Crippen LogP) is 8.03. The third-order valence-corrected chi connectivity index (χ3v) is 8.20. The van der Waals surface area contributed by atoms with Gasteiger partial charge in [-0.05, 0) is 83.1 Å². The van der Waals surface area contributed by atoms with E-state index in [-0.39, 0.29) is 36.3 Å². The molecule has 3 rings (SSSR count). The highest BCUT2D eigenvalue weighted by molar-refractivity contribution is 5.70. The van der Waals surface area contributed by atoms with Crippen LogP contribution in [-0.2, 0) is 19.0 Å². The van der Waals surface area contributed by atoms with Crippen molar-refractivity contribution in [1.29, 1.82) is 0 Å². The first-order chi connectivity index (χ1) is 17.4. The molecule has 0 aromatic carbocycles. The minimum Gasteiger partial charge on any atom is -0.458 e. The van der Waals surface area contributed by atoms with Crippen molar-refractivity contribution in [3.8, 4) is 0 Å². The maximum absolute atomic E-state index is 13.1. The largest absolute Gasteiger partial charge is 0.458 e. The number of allylic oxidation sites excluding steroid dienone is 6. The molecule has 3 aliphatic heterocycles. The van der Waals surface area contributed by atoms with Gasteiger partial charge in [0.05, 0.1) is 30.8 Å². The molecule has 7 atom stereocenters. The van der Waals surface area contributed by atoms with Crippen molar-refractivity contribution < 1.29 is 19.0 Å². The molecule has 7 unspecified atom stereocenters. The van der Waals surface area contributed by atoms with E-state index in [0.717, 1.165) is 51.4 Å². The Morgan fingerprint density at radius 3 is 2.36 bits per heavy atom. The fourth-order valence-corrected chi connectivity index (χ4v) is 5.74. The molecule has 0 amide bonds. The SMILES string of the molecule is CC=C1CC2CC(=O)OC(C=CC=CC=C(C)CC)C(C)CCC(C)CC3CCCC(CC(C1)O2)O3. The highest BCUT2D eigenvalue weighted by Crippen LogP contribution is 2.34. The van der Waals surface area contributed by atoms with Gasteiger partial charge in [0.15, 0.2) is 0 Å². The Bertz CT molecular complexity index is 807. The van der Waals surface area contributed by atoms with E-state index < -0.39 is 0 Å². The van der Waals surface area contributed by atoms with E-state index in [1.807, 2.05) is 12.2 Å². The molecule has 0 saturated carbocycles. The number of hydrogen-bond acceptors (Lipinski definition) is 4. The summed E-state index contributed by atoms with van der Waals surface area (Å²) in [5.74, 6) is 0.696. The second kappa shape index (κ2) is 14.9. The highest BCUT2D eigenvalue weighted by atomic mass is 16.5. The average molecular weight is 499 g/mol. The molecule has 3 saturated heterocycles. The van der Waals surface area contributed by atoms with Gasteiger partial charge in [-0.15, -0.1) is 0 Å². The van der Waals surface area contributed by atoms with Gasteiger partial charge in [-0.1, -0.05) is 68.7 Å². The quantitative estimate of drug-likeness (QED) is 0.223. The second-order valence-corrected chi connectivity index (χ2v) is 11.5. The van der Waals surface area contributed by atoms with Crippen LogP contribution in [0.5, 0.6) is 0 Å². The normalized spacial score (nSPS) is 36.9. The third-order valence-electron chi connectivity index (χ3n) is 8.20. The lowest BCUT2D eigenvalue weighted by atomic mass is 9.87. The fourth-order valence-electron chi connectivity index (χ4n) is 5.74. The zero-order chi connectivity index (χ0) is 25.9. The number of fused-ring (bicyclic) bond motifs is 4. The maximum Gasteiger partial charge on any atom is 0.309 e. The summed E-state index contributed by atoms with van der Waals surface area (Å²) in [6.45, 7) is 10.9. The number of cyclic esters (lactones) is 1. The molecule has 0 aromatic rings. The summed E-state index contributed by atoms with van der Waals surface area (Å²) >= 11 is 0. The van der Waals surface area contributed by atoms with Crippen molar-refractivity contribution in [2.75, 3.05) is 0 Å². The summed E-state index contributed by atoms with van der Waals surface area (Å²) in [6, 6.07) is 0. The van der Waals surface area contributed by atoms with Crippen LogP contribution in [0.3, 0.4) is 0 Å². The minimum absolute atomic E-state index is 0.114. The highest BCUT2D eigenvalue weighted by Gasteiger charge is 2.33. The van der Waals surface area contributed by atoms with Gasteiger partial charge in [-0.3, -0.25) is 4.79 Å². The van der Waals surface area contributed by atoms with Gasteiger partial charge < -0.3 is 14.2 Å². The van der Waals surface area contributed by atoms with Crippen molar-refractivity contribution >= 4 is 5.97 Å². The van der Waals surface area contributed by atoms with Crippen molar-refractivity contribution in [2.45, 2.75) is 136 Å². The number of carbonyl (C=O) groups excluding carboxylic acids is 1. The van der Waals surface area contributed by atoms with Gasteiger partial charge in [0, 0.05) is 6.42 Å². The molecule has 4 nitrogen and oxygen atoms in total. The van der Waals surface area contributed by atoms with E-state index in [1.54, 1.807) is 0 Å². The zero-order valence-corrected chi connectivity index (χ0v) is 23.4. The van der Waals surface area contributed by atoms with Crippen LogP contribution in [0.4, 0.5) is 0 Å². The van der Waals surface area contributed by atoms with E-state index >= 15 is 0 Å². The van der Waals surface area contributed by atoms with Gasteiger partial charge in [-0.2, -0.15) is 0 Å². The second-order valence-electron chi connectivity index (χ2n) is 11.5. The van der Waals surface area contributed by atoms with E-state index in [4.69, 9.17) is 14.2 Å². The lowest BCUT2D eigenvalue weighted by Gasteiger charge is -2.37. The summed E-state index contributed by atoms with van der Waals surface area (Å²) in [5.41, 5.74) is 2.73. The van der Waals surface area contributed by atoms with Crippen LogP contribution in [0.1, 0.15) is 105 Å². The fraction of sp³-hybridized carbons (Fsp3) is 0.719. The van der Waals surface area contributed by atoms with Gasteiger partial charge in [0.25, 0.3) is 0 Å². The Hall–Kier alpha value is -1.65. The van der Waals surface area contributed by atoms with E-state index in [9.17, 15) is 4.79 Å². The molecular weight excluding hydrogens is 448 g/mol.